The van der Waals surface area contributed by atoms with Gasteiger partial charge in [0.05, 0.1) is 34.0 Å². The number of carbonyl (C=O) groups excluding carboxylic acids is 1. The summed E-state index contributed by atoms with van der Waals surface area (Å²) in [6, 6.07) is 9.78. The Labute approximate surface area is 158 Å². The minimum atomic E-state index is -3.35. The van der Waals surface area contributed by atoms with E-state index in [2.05, 4.69) is 10.0 Å². The molecule has 0 saturated heterocycles. The quantitative estimate of drug-likeness (QED) is 0.712. The van der Waals surface area contributed by atoms with Crippen molar-refractivity contribution in [3.05, 3.63) is 42.0 Å². The average Bonchev–Trinajstić information content (AvgIpc) is 2.61. The molecular weight excluding hydrogens is 372 g/mol. The zero-order valence-electron chi connectivity index (χ0n) is 15.5. The van der Waals surface area contributed by atoms with Crippen LogP contribution in [0.2, 0.25) is 0 Å². The van der Waals surface area contributed by atoms with Gasteiger partial charge in [0.25, 0.3) is 0 Å². The zero-order valence-corrected chi connectivity index (χ0v) is 16.3. The van der Waals surface area contributed by atoms with Crippen LogP contribution in [0.25, 0.3) is 0 Å². The van der Waals surface area contributed by atoms with Gasteiger partial charge in [-0.3, -0.25) is 9.52 Å². The van der Waals surface area contributed by atoms with Gasteiger partial charge in [0.15, 0.2) is 11.5 Å². The predicted molar refractivity (Wildman–Crippen MR) is 103 cm³/mol. The third-order valence-electron chi connectivity index (χ3n) is 3.61. The monoisotopic (exact) mass is 394 g/mol. The Bertz CT molecular complexity index is 910. The van der Waals surface area contributed by atoms with E-state index in [0.29, 0.717) is 34.2 Å². The lowest BCUT2D eigenvalue weighted by atomic mass is 10.1. The van der Waals surface area contributed by atoms with E-state index in [1.54, 1.807) is 36.4 Å². The number of sulfonamides is 1. The summed E-state index contributed by atoms with van der Waals surface area (Å²) in [5.41, 5.74) is 1.60. The largest absolute Gasteiger partial charge is 0.493 e. The lowest BCUT2D eigenvalue weighted by Crippen LogP contribution is -2.15. The number of anilines is 2. The van der Waals surface area contributed by atoms with E-state index < -0.39 is 10.0 Å². The maximum Gasteiger partial charge on any atom is 0.229 e. The number of hydrogen-bond acceptors (Lipinski definition) is 6. The normalized spacial score (nSPS) is 10.8. The lowest BCUT2D eigenvalue weighted by molar-refractivity contribution is -0.115. The van der Waals surface area contributed by atoms with Crippen LogP contribution in [0.3, 0.4) is 0 Å². The molecule has 2 rings (SSSR count). The van der Waals surface area contributed by atoms with Crippen LogP contribution in [-0.4, -0.2) is 41.9 Å². The molecule has 0 aliphatic heterocycles. The summed E-state index contributed by atoms with van der Waals surface area (Å²) in [4.78, 5) is 12.4. The number of benzene rings is 2. The van der Waals surface area contributed by atoms with Gasteiger partial charge < -0.3 is 19.5 Å². The van der Waals surface area contributed by atoms with Crippen LogP contribution in [0.1, 0.15) is 5.56 Å². The first-order valence-electron chi connectivity index (χ1n) is 7.93. The molecule has 0 aliphatic rings. The second-order valence-electron chi connectivity index (χ2n) is 5.67. The molecule has 0 heterocycles. The van der Waals surface area contributed by atoms with Crippen molar-refractivity contribution >= 4 is 27.3 Å². The smallest absolute Gasteiger partial charge is 0.229 e. The third kappa shape index (κ3) is 5.52. The van der Waals surface area contributed by atoms with Crippen molar-refractivity contribution in [2.45, 2.75) is 6.42 Å². The number of carbonyl (C=O) groups is 1. The van der Waals surface area contributed by atoms with Crippen molar-refractivity contribution in [3.8, 4) is 17.2 Å². The van der Waals surface area contributed by atoms with Crippen LogP contribution in [0, 0.1) is 0 Å². The van der Waals surface area contributed by atoms with Gasteiger partial charge in [0.1, 0.15) is 0 Å². The summed E-state index contributed by atoms with van der Waals surface area (Å²) >= 11 is 0. The van der Waals surface area contributed by atoms with Crippen LogP contribution in [0.5, 0.6) is 17.2 Å². The van der Waals surface area contributed by atoms with Gasteiger partial charge in [-0.1, -0.05) is 6.07 Å². The van der Waals surface area contributed by atoms with Gasteiger partial charge in [-0.2, -0.15) is 0 Å². The van der Waals surface area contributed by atoms with E-state index in [1.165, 1.54) is 21.3 Å². The molecule has 2 aromatic carbocycles. The van der Waals surface area contributed by atoms with Gasteiger partial charge in [-0.05, 0) is 30.3 Å². The van der Waals surface area contributed by atoms with E-state index in [4.69, 9.17) is 14.2 Å². The fourth-order valence-corrected chi connectivity index (χ4v) is 3.08. The molecule has 2 N–H and O–H groups in total. The molecule has 0 fully saturated rings. The lowest BCUT2D eigenvalue weighted by Gasteiger charge is -2.15. The molecule has 0 aliphatic carbocycles. The summed E-state index contributed by atoms with van der Waals surface area (Å²) < 4.78 is 40.7. The van der Waals surface area contributed by atoms with Crippen LogP contribution >= 0.6 is 0 Å². The van der Waals surface area contributed by atoms with E-state index in [1.807, 2.05) is 0 Å². The predicted octanol–water partition coefficient (Wildman–Crippen LogP) is 2.27. The Morgan fingerprint density at radius 3 is 2.00 bits per heavy atom. The molecule has 0 aromatic heterocycles. The molecule has 1 amide bonds. The SMILES string of the molecule is COc1ccc(CC(=O)Nc2ccc(NS(C)(=O)=O)cc2)c(OC)c1OC. The van der Waals surface area contributed by atoms with Crippen LogP contribution in [0.4, 0.5) is 11.4 Å². The number of ether oxygens (including phenoxy) is 3. The van der Waals surface area contributed by atoms with Gasteiger partial charge in [-0.15, -0.1) is 0 Å². The topological polar surface area (TPSA) is 103 Å². The summed E-state index contributed by atoms with van der Waals surface area (Å²) in [5, 5.41) is 2.75. The number of nitrogens with one attached hydrogen (secondary N) is 2. The summed E-state index contributed by atoms with van der Waals surface area (Å²) in [6.07, 6.45) is 1.13. The average molecular weight is 394 g/mol. The maximum atomic E-state index is 12.4. The number of amides is 1. The summed E-state index contributed by atoms with van der Waals surface area (Å²) in [5.74, 6) is 1.10. The Kier molecular flexibility index (Phi) is 6.51. The first-order chi connectivity index (χ1) is 12.8. The van der Waals surface area contributed by atoms with Gasteiger partial charge >= 0.3 is 0 Å². The number of hydrogen-bond donors (Lipinski definition) is 2. The highest BCUT2D eigenvalue weighted by atomic mass is 32.2. The maximum absolute atomic E-state index is 12.4. The van der Waals surface area contributed by atoms with E-state index in [9.17, 15) is 13.2 Å². The standard InChI is InChI=1S/C18H22N2O6S/c1-24-15-10-5-12(17(25-2)18(15)26-3)11-16(21)19-13-6-8-14(9-7-13)20-27(4,22)23/h5-10,20H,11H2,1-4H3,(H,19,21). The molecule has 27 heavy (non-hydrogen) atoms. The molecular formula is C18H22N2O6S. The van der Waals surface area contributed by atoms with Crippen molar-refractivity contribution in [1.82, 2.24) is 0 Å². The molecule has 8 nitrogen and oxygen atoms in total. The van der Waals surface area contributed by atoms with Crippen molar-refractivity contribution in [1.29, 1.82) is 0 Å². The highest BCUT2D eigenvalue weighted by Crippen LogP contribution is 2.39. The minimum absolute atomic E-state index is 0.0624. The van der Waals surface area contributed by atoms with Gasteiger partial charge in [0.2, 0.25) is 21.7 Å². The van der Waals surface area contributed by atoms with Crippen LogP contribution < -0.4 is 24.2 Å². The molecule has 0 atom stereocenters. The van der Waals surface area contributed by atoms with E-state index >= 15 is 0 Å². The number of rotatable bonds is 8. The number of methoxy groups -OCH3 is 3. The first kappa shape index (κ1) is 20.4. The molecule has 9 heteroatoms. The third-order valence-corrected chi connectivity index (χ3v) is 4.22. The Morgan fingerprint density at radius 1 is 0.889 bits per heavy atom. The summed E-state index contributed by atoms with van der Waals surface area (Å²) in [6.45, 7) is 0. The molecule has 0 saturated carbocycles. The molecule has 0 spiro atoms. The highest BCUT2D eigenvalue weighted by molar-refractivity contribution is 7.92. The summed E-state index contributed by atoms with van der Waals surface area (Å²) in [7, 11) is 1.16. The van der Waals surface area contributed by atoms with Crippen molar-refractivity contribution in [2.75, 3.05) is 37.6 Å². The van der Waals surface area contributed by atoms with Crippen molar-refractivity contribution in [2.24, 2.45) is 0 Å². The van der Waals surface area contributed by atoms with Gasteiger partial charge in [-0.25, -0.2) is 8.42 Å². The molecule has 0 bridgehead atoms. The molecule has 146 valence electrons. The van der Waals surface area contributed by atoms with Crippen LogP contribution in [0.15, 0.2) is 36.4 Å². The fourth-order valence-electron chi connectivity index (χ4n) is 2.52. The Morgan fingerprint density at radius 2 is 1.48 bits per heavy atom. The van der Waals surface area contributed by atoms with Crippen molar-refractivity contribution in [3.63, 3.8) is 0 Å². The van der Waals surface area contributed by atoms with Crippen molar-refractivity contribution < 1.29 is 27.4 Å². The minimum Gasteiger partial charge on any atom is -0.493 e. The first-order valence-corrected chi connectivity index (χ1v) is 9.82. The molecule has 0 unspecified atom stereocenters. The highest BCUT2D eigenvalue weighted by Gasteiger charge is 2.18. The Balaban J connectivity index is 2.12. The molecule has 2 aromatic rings. The van der Waals surface area contributed by atoms with Gasteiger partial charge in [0, 0.05) is 16.9 Å². The second-order valence-corrected chi connectivity index (χ2v) is 7.42. The van der Waals surface area contributed by atoms with E-state index in [-0.39, 0.29) is 12.3 Å². The second kappa shape index (κ2) is 8.63. The fraction of sp³-hybridized carbons (Fsp3) is 0.278. The zero-order chi connectivity index (χ0) is 20.0. The van der Waals surface area contributed by atoms with E-state index in [0.717, 1.165) is 6.26 Å². The van der Waals surface area contributed by atoms with Crippen LogP contribution in [-0.2, 0) is 21.2 Å². The Hall–Kier alpha value is -2.94. The molecule has 0 radical (unpaired) electrons.